The number of fused-ring (bicyclic) bond motifs is 2. The largest absolute Gasteiger partial charge is 0.368 e. The van der Waals surface area contributed by atoms with Crippen LogP contribution >= 0.6 is 0 Å². The third-order valence-electron chi connectivity index (χ3n) is 4.77. The number of anilines is 2. The Balaban J connectivity index is 1.82. The van der Waals surface area contributed by atoms with E-state index in [2.05, 4.69) is 20.6 Å². The van der Waals surface area contributed by atoms with E-state index in [0.717, 1.165) is 25.5 Å². The van der Waals surface area contributed by atoms with Crippen molar-refractivity contribution < 1.29 is 13.2 Å². The van der Waals surface area contributed by atoms with E-state index in [0.29, 0.717) is 11.8 Å². The van der Waals surface area contributed by atoms with Gasteiger partial charge in [-0.3, -0.25) is 0 Å². The Hall–Kier alpha value is -2.10. The van der Waals surface area contributed by atoms with E-state index in [1.165, 1.54) is 6.42 Å². The molecule has 0 aliphatic heterocycles. The SMILES string of the molecule is CC(C)NC(=O)NS(=O)(=O)c1cnc(N)nc1N[C@@H]1C[C@H]2CC[C@H]1C2. The van der Waals surface area contributed by atoms with Crippen molar-refractivity contribution in [3.05, 3.63) is 6.20 Å². The summed E-state index contributed by atoms with van der Waals surface area (Å²) < 4.78 is 27.1. The van der Waals surface area contributed by atoms with Gasteiger partial charge in [-0.15, -0.1) is 0 Å². The molecule has 0 radical (unpaired) electrons. The molecular weight excluding hydrogens is 344 g/mol. The van der Waals surface area contributed by atoms with Crippen molar-refractivity contribution in [1.82, 2.24) is 20.0 Å². The van der Waals surface area contributed by atoms with Crippen LogP contribution < -0.4 is 21.1 Å². The van der Waals surface area contributed by atoms with E-state index in [-0.39, 0.29) is 28.7 Å². The smallest absolute Gasteiger partial charge is 0.328 e. The summed E-state index contributed by atoms with van der Waals surface area (Å²) in [6.45, 7) is 3.47. The van der Waals surface area contributed by atoms with Gasteiger partial charge >= 0.3 is 6.03 Å². The Labute approximate surface area is 147 Å². The number of carbonyl (C=O) groups excluding carboxylic acids is 1. The molecule has 0 unspecified atom stereocenters. The van der Waals surface area contributed by atoms with Crippen molar-refractivity contribution in [3.8, 4) is 0 Å². The van der Waals surface area contributed by atoms with Crippen LogP contribution in [0.5, 0.6) is 0 Å². The van der Waals surface area contributed by atoms with Gasteiger partial charge < -0.3 is 16.4 Å². The number of urea groups is 1. The number of nitrogen functional groups attached to an aromatic ring is 1. The van der Waals surface area contributed by atoms with Crippen molar-refractivity contribution in [1.29, 1.82) is 0 Å². The van der Waals surface area contributed by atoms with E-state index in [1.54, 1.807) is 13.8 Å². The van der Waals surface area contributed by atoms with Crippen LogP contribution in [-0.2, 0) is 10.0 Å². The summed E-state index contributed by atoms with van der Waals surface area (Å²) in [5.74, 6) is 1.34. The fraction of sp³-hybridized carbons (Fsp3) is 0.667. The molecule has 1 heterocycles. The molecule has 3 rings (SSSR count). The number of nitrogens with one attached hydrogen (secondary N) is 3. The van der Waals surface area contributed by atoms with E-state index < -0.39 is 16.1 Å². The van der Waals surface area contributed by atoms with Crippen LogP contribution in [-0.4, -0.2) is 36.5 Å². The minimum Gasteiger partial charge on any atom is -0.368 e. The first-order valence-corrected chi connectivity index (χ1v) is 9.95. The van der Waals surface area contributed by atoms with Crippen molar-refractivity contribution in [2.75, 3.05) is 11.1 Å². The third-order valence-corrected chi connectivity index (χ3v) is 6.10. The second kappa shape index (κ2) is 6.66. The highest BCUT2D eigenvalue weighted by Crippen LogP contribution is 2.45. The van der Waals surface area contributed by atoms with Crippen LogP contribution in [0.1, 0.15) is 39.5 Å². The summed E-state index contributed by atoms with van der Waals surface area (Å²) in [4.78, 5) is 19.4. The van der Waals surface area contributed by atoms with Crippen LogP contribution in [0.2, 0.25) is 0 Å². The van der Waals surface area contributed by atoms with Crippen LogP contribution in [0.3, 0.4) is 0 Å². The van der Waals surface area contributed by atoms with E-state index in [4.69, 9.17) is 5.73 Å². The average molecular weight is 368 g/mol. The van der Waals surface area contributed by atoms with Crippen LogP contribution in [0.25, 0.3) is 0 Å². The molecule has 0 spiro atoms. The van der Waals surface area contributed by atoms with Crippen molar-refractivity contribution in [2.24, 2.45) is 11.8 Å². The summed E-state index contributed by atoms with van der Waals surface area (Å²) in [6.07, 6.45) is 5.66. The van der Waals surface area contributed by atoms with Gasteiger partial charge in [0.25, 0.3) is 10.0 Å². The summed E-state index contributed by atoms with van der Waals surface area (Å²) in [5.41, 5.74) is 5.63. The fourth-order valence-electron chi connectivity index (χ4n) is 3.75. The molecule has 0 aromatic carbocycles. The maximum absolute atomic E-state index is 12.6. The average Bonchev–Trinajstić information content (AvgIpc) is 3.07. The number of nitrogens with two attached hydrogens (primary N) is 1. The maximum atomic E-state index is 12.6. The number of amides is 2. The highest BCUT2D eigenvalue weighted by molar-refractivity contribution is 7.90. The molecule has 138 valence electrons. The Kier molecular flexibility index (Phi) is 4.72. The molecule has 25 heavy (non-hydrogen) atoms. The Morgan fingerprint density at radius 1 is 1.32 bits per heavy atom. The van der Waals surface area contributed by atoms with Gasteiger partial charge in [0, 0.05) is 12.1 Å². The first kappa shape index (κ1) is 17.7. The highest BCUT2D eigenvalue weighted by atomic mass is 32.2. The molecule has 2 aliphatic rings. The van der Waals surface area contributed by atoms with Crippen molar-refractivity contribution >= 4 is 27.8 Å². The van der Waals surface area contributed by atoms with Gasteiger partial charge in [0.05, 0.1) is 6.20 Å². The molecule has 2 fully saturated rings. The van der Waals surface area contributed by atoms with Crippen molar-refractivity contribution in [2.45, 2.75) is 56.5 Å². The zero-order valence-electron chi connectivity index (χ0n) is 14.3. The van der Waals surface area contributed by atoms with Gasteiger partial charge in [-0.1, -0.05) is 6.42 Å². The van der Waals surface area contributed by atoms with Crippen molar-refractivity contribution in [3.63, 3.8) is 0 Å². The van der Waals surface area contributed by atoms with Crippen LogP contribution in [0.4, 0.5) is 16.6 Å². The molecule has 1 aromatic rings. The lowest BCUT2D eigenvalue weighted by Gasteiger charge is -2.24. The normalized spacial score (nSPS) is 25.2. The first-order chi connectivity index (χ1) is 11.7. The number of hydrogen-bond donors (Lipinski definition) is 4. The lowest BCUT2D eigenvalue weighted by atomic mass is 9.95. The lowest BCUT2D eigenvalue weighted by molar-refractivity contribution is 0.243. The first-order valence-electron chi connectivity index (χ1n) is 8.47. The summed E-state index contributed by atoms with van der Waals surface area (Å²) in [6, 6.07) is -0.811. The van der Waals surface area contributed by atoms with Crippen LogP contribution in [0.15, 0.2) is 11.1 Å². The lowest BCUT2D eigenvalue weighted by Crippen LogP contribution is -2.42. The number of aromatic nitrogens is 2. The Morgan fingerprint density at radius 3 is 2.68 bits per heavy atom. The monoisotopic (exact) mass is 368 g/mol. The Bertz CT molecular complexity index is 767. The van der Waals surface area contributed by atoms with Gasteiger partial charge in [-0.25, -0.2) is 22.9 Å². The van der Waals surface area contributed by atoms with Gasteiger partial charge in [0.1, 0.15) is 4.90 Å². The number of nitrogens with zero attached hydrogens (tertiary/aromatic N) is 2. The number of rotatable bonds is 5. The molecule has 5 N–H and O–H groups in total. The number of hydrogen-bond acceptors (Lipinski definition) is 7. The standard InChI is InChI=1S/C15H24N6O3S/c1-8(2)18-15(22)21-25(23,24)12-7-17-14(16)20-13(12)19-11-6-9-3-4-10(11)5-9/h7-11H,3-6H2,1-2H3,(H2,18,21,22)(H3,16,17,19,20)/t9-,10-,11+/m0/s1. The number of carbonyl (C=O) groups is 1. The zero-order chi connectivity index (χ0) is 18.2. The van der Waals surface area contributed by atoms with E-state index >= 15 is 0 Å². The maximum Gasteiger partial charge on any atom is 0.328 e. The highest BCUT2D eigenvalue weighted by Gasteiger charge is 2.40. The molecule has 2 saturated carbocycles. The minimum absolute atomic E-state index is 0.0174. The predicted molar refractivity (Wildman–Crippen MR) is 93.3 cm³/mol. The van der Waals surface area contributed by atoms with Gasteiger partial charge in [-0.05, 0) is 44.9 Å². The molecule has 1 aromatic heterocycles. The summed E-state index contributed by atoms with van der Waals surface area (Å²) in [7, 11) is -4.11. The third kappa shape index (κ3) is 3.94. The Morgan fingerprint density at radius 2 is 2.08 bits per heavy atom. The zero-order valence-corrected chi connectivity index (χ0v) is 15.1. The second-order valence-electron chi connectivity index (χ2n) is 7.10. The molecule has 2 bridgehead atoms. The van der Waals surface area contributed by atoms with Gasteiger partial charge in [0.15, 0.2) is 5.82 Å². The molecule has 9 nitrogen and oxygen atoms in total. The number of sulfonamides is 1. The van der Waals surface area contributed by atoms with Gasteiger partial charge in [0.2, 0.25) is 5.95 Å². The molecule has 3 atom stereocenters. The second-order valence-corrected chi connectivity index (χ2v) is 8.75. The quantitative estimate of drug-likeness (QED) is 0.609. The molecule has 0 saturated heterocycles. The molecule has 10 heteroatoms. The fourth-order valence-corrected chi connectivity index (χ4v) is 4.71. The topological polar surface area (TPSA) is 139 Å². The predicted octanol–water partition coefficient (Wildman–Crippen LogP) is 1.06. The molecule has 2 amide bonds. The van der Waals surface area contributed by atoms with E-state index in [1.807, 2.05) is 4.72 Å². The van der Waals surface area contributed by atoms with E-state index in [9.17, 15) is 13.2 Å². The molecule has 2 aliphatic carbocycles. The molecular formula is C15H24N6O3S. The summed E-state index contributed by atoms with van der Waals surface area (Å²) >= 11 is 0. The van der Waals surface area contributed by atoms with Crippen LogP contribution in [0, 0.1) is 11.8 Å². The van der Waals surface area contributed by atoms with Gasteiger partial charge in [-0.2, -0.15) is 4.98 Å². The summed E-state index contributed by atoms with van der Waals surface area (Å²) in [5, 5.41) is 5.70. The minimum atomic E-state index is -4.11.